The number of benzene rings is 3. The van der Waals surface area contributed by atoms with E-state index in [-0.39, 0.29) is 16.6 Å². The number of carboxylic acid groups (broad SMARTS) is 1. The first-order valence-electron chi connectivity index (χ1n) is 10.7. The lowest BCUT2D eigenvalue weighted by Gasteiger charge is -2.24. The molecule has 1 N–H and O–H groups in total. The fraction of sp³-hybridized carbons (Fsp3) is 0.231. The molecule has 0 spiro atoms. The fourth-order valence-electron chi connectivity index (χ4n) is 4.26. The number of aliphatic carboxylic acids is 1. The summed E-state index contributed by atoms with van der Waals surface area (Å²) in [7, 11) is 0. The third-order valence-corrected chi connectivity index (χ3v) is 6.96. The lowest BCUT2D eigenvalue weighted by molar-refractivity contribution is -0.137. The second-order valence-corrected chi connectivity index (χ2v) is 9.94. The smallest absolute Gasteiger partial charge is 0.323 e. The molecule has 0 bridgehead atoms. The van der Waals surface area contributed by atoms with Gasteiger partial charge in [-0.1, -0.05) is 53.0 Å². The zero-order valence-electron chi connectivity index (χ0n) is 18.7. The normalized spacial score (nSPS) is 16.5. The van der Waals surface area contributed by atoms with Crippen molar-refractivity contribution in [2.45, 2.75) is 31.9 Å². The Bertz CT molecular complexity index is 1320. The van der Waals surface area contributed by atoms with Crippen LogP contribution in [0.3, 0.4) is 0 Å². The molecular weight excluding hydrogens is 516 g/mol. The minimum atomic E-state index is -1.15. The summed E-state index contributed by atoms with van der Waals surface area (Å²) in [5.74, 6) is -1.47. The van der Waals surface area contributed by atoms with Crippen LogP contribution in [0.4, 0.5) is 4.39 Å². The maximum atomic E-state index is 13.9. The van der Waals surface area contributed by atoms with E-state index in [4.69, 9.17) is 39.5 Å². The second-order valence-electron chi connectivity index (χ2n) is 8.74. The van der Waals surface area contributed by atoms with E-state index in [0.29, 0.717) is 34.7 Å². The number of hydrogen-bond donors (Lipinski definition) is 1. The lowest BCUT2D eigenvalue weighted by Crippen LogP contribution is -2.35. The van der Waals surface area contributed by atoms with Crippen molar-refractivity contribution in [3.8, 4) is 5.75 Å². The molecule has 0 aliphatic carbocycles. The van der Waals surface area contributed by atoms with Crippen LogP contribution in [0.5, 0.6) is 5.75 Å². The molecule has 1 heterocycles. The third kappa shape index (κ3) is 5.72. The Hall–Kier alpha value is -2.80. The first-order chi connectivity index (χ1) is 16.5. The minimum absolute atomic E-state index is 0.0159. The third-order valence-electron chi connectivity index (χ3n) is 5.80. The van der Waals surface area contributed by atoms with Gasteiger partial charge in [-0.05, 0) is 60.0 Å². The molecule has 4 rings (SSSR count). The van der Waals surface area contributed by atoms with E-state index in [1.165, 1.54) is 17.0 Å². The molecule has 5 nitrogen and oxygen atoms in total. The number of nitrogens with zero attached hydrogens (tertiary/aromatic N) is 1. The number of ether oxygens (including phenoxy) is 1. The van der Waals surface area contributed by atoms with Crippen LogP contribution < -0.4 is 4.74 Å². The fourth-order valence-corrected chi connectivity index (χ4v) is 4.75. The minimum Gasteiger partial charge on any atom is -0.487 e. The molecule has 0 saturated carbocycles. The molecule has 182 valence electrons. The van der Waals surface area contributed by atoms with Gasteiger partial charge in [0.2, 0.25) is 0 Å². The first kappa shape index (κ1) is 25.3. The predicted molar refractivity (Wildman–Crippen MR) is 133 cm³/mol. The van der Waals surface area contributed by atoms with E-state index in [0.717, 1.165) is 11.1 Å². The number of amides is 1. The maximum Gasteiger partial charge on any atom is 0.323 e. The topological polar surface area (TPSA) is 66.8 Å². The molecule has 1 aliphatic rings. The number of halogens is 4. The molecule has 0 fully saturated rings. The highest BCUT2D eigenvalue weighted by atomic mass is 35.5. The lowest BCUT2D eigenvalue weighted by atomic mass is 9.91. The summed E-state index contributed by atoms with van der Waals surface area (Å²) in [4.78, 5) is 26.0. The number of hydrogen-bond acceptors (Lipinski definition) is 3. The number of carbonyl (C=O) groups is 2. The highest BCUT2D eigenvalue weighted by Crippen LogP contribution is 2.38. The van der Waals surface area contributed by atoms with Gasteiger partial charge in [-0.25, -0.2) is 4.39 Å². The van der Waals surface area contributed by atoms with E-state index >= 15 is 0 Å². The van der Waals surface area contributed by atoms with Crippen molar-refractivity contribution in [1.82, 2.24) is 4.90 Å². The van der Waals surface area contributed by atoms with Gasteiger partial charge in [-0.2, -0.15) is 0 Å². The van der Waals surface area contributed by atoms with Crippen molar-refractivity contribution >= 4 is 46.7 Å². The number of rotatable bonds is 7. The van der Waals surface area contributed by atoms with Gasteiger partial charge in [0, 0.05) is 24.9 Å². The van der Waals surface area contributed by atoms with Crippen molar-refractivity contribution in [3.05, 3.63) is 97.7 Å². The monoisotopic (exact) mass is 535 g/mol. The van der Waals surface area contributed by atoms with Crippen LogP contribution in [0.1, 0.15) is 34.0 Å². The van der Waals surface area contributed by atoms with Gasteiger partial charge in [0.25, 0.3) is 5.91 Å². The molecular formula is C26H21Cl3FNO4. The van der Waals surface area contributed by atoms with E-state index in [1.807, 2.05) is 6.92 Å². The Morgan fingerprint density at radius 2 is 1.86 bits per heavy atom. The SMILES string of the molecule is C[C@]1(Cc2ccc(Cl)c(F)c2)Cc2cc(C(=O)N(CC(=O)O)Cc3cccc(Cl)c3Cl)ccc2O1. The van der Waals surface area contributed by atoms with Crippen molar-refractivity contribution in [1.29, 1.82) is 0 Å². The van der Waals surface area contributed by atoms with Crippen molar-refractivity contribution < 1.29 is 23.8 Å². The molecule has 35 heavy (non-hydrogen) atoms. The molecule has 3 aromatic rings. The zero-order chi connectivity index (χ0) is 25.3. The molecule has 0 saturated heterocycles. The quantitative estimate of drug-likeness (QED) is 0.377. The Labute approximate surface area is 217 Å². The highest BCUT2D eigenvalue weighted by Gasteiger charge is 2.36. The van der Waals surface area contributed by atoms with Gasteiger partial charge in [0.15, 0.2) is 0 Å². The summed E-state index contributed by atoms with van der Waals surface area (Å²) in [6, 6.07) is 14.7. The molecule has 1 atom stereocenters. The van der Waals surface area contributed by atoms with Gasteiger partial charge < -0.3 is 14.7 Å². The molecule has 3 aromatic carbocycles. The average Bonchev–Trinajstić information content (AvgIpc) is 3.13. The van der Waals surface area contributed by atoms with Gasteiger partial charge in [0.1, 0.15) is 23.7 Å². The highest BCUT2D eigenvalue weighted by molar-refractivity contribution is 6.42. The molecule has 1 aliphatic heterocycles. The van der Waals surface area contributed by atoms with Gasteiger partial charge in [-0.3, -0.25) is 9.59 Å². The summed E-state index contributed by atoms with van der Waals surface area (Å²) < 4.78 is 20.0. The molecule has 0 aromatic heterocycles. The molecule has 9 heteroatoms. The van der Waals surface area contributed by atoms with Gasteiger partial charge in [-0.15, -0.1) is 0 Å². The number of carbonyl (C=O) groups excluding carboxylic acids is 1. The van der Waals surface area contributed by atoms with E-state index in [1.54, 1.807) is 42.5 Å². The Morgan fingerprint density at radius 1 is 1.09 bits per heavy atom. The Morgan fingerprint density at radius 3 is 2.57 bits per heavy atom. The van der Waals surface area contributed by atoms with Crippen LogP contribution in [-0.2, 0) is 24.2 Å². The summed E-state index contributed by atoms with van der Waals surface area (Å²) in [6.45, 7) is 1.39. The summed E-state index contributed by atoms with van der Waals surface area (Å²) >= 11 is 18.1. The van der Waals surface area contributed by atoms with Crippen LogP contribution in [-0.4, -0.2) is 34.0 Å². The average molecular weight is 537 g/mol. The molecule has 1 amide bonds. The summed E-state index contributed by atoms with van der Waals surface area (Å²) in [6.07, 6.45) is 0.935. The second kappa shape index (κ2) is 10.1. The van der Waals surface area contributed by atoms with E-state index in [2.05, 4.69) is 0 Å². The maximum absolute atomic E-state index is 13.9. The standard InChI is InChI=1S/C26H21Cl3FNO4/c1-26(11-15-5-7-19(27)21(30)9-15)12-18-10-16(6-8-22(18)35-26)25(34)31(14-23(32)33)13-17-3-2-4-20(28)24(17)29/h2-10H,11-14H2,1H3,(H,32,33)/t26-/m0/s1. The predicted octanol–water partition coefficient (Wildman–Crippen LogP) is 6.45. The number of carboxylic acids is 1. The van der Waals surface area contributed by atoms with Gasteiger partial charge in [0.05, 0.1) is 15.1 Å². The van der Waals surface area contributed by atoms with Crippen molar-refractivity contribution in [2.75, 3.05) is 6.54 Å². The molecule has 0 unspecified atom stereocenters. The van der Waals surface area contributed by atoms with Crippen LogP contribution in [0.25, 0.3) is 0 Å². The van der Waals surface area contributed by atoms with Crippen LogP contribution in [0, 0.1) is 5.82 Å². The van der Waals surface area contributed by atoms with Crippen LogP contribution in [0.2, 0.25) is 15.1 Å². The molecule has 0 radical (unpaired) electrons. The Kier molecular flexibility index (Phi) is 7.27. The van der Waals surface area contributed by atoms with Crippen molar-refractivity contribution in [3.63, 3.8) is 0 Å². The zero-order valence-corrected chi connectivity index (χ0v) is 20.9. The van der Waals surface area contributed by atoms with Crippen LogP contribution >= 0.6 is 34.8 Å². The van der Waals surface area contributed by atoms with Gasteiger partial charge >= 0.3 is 5.97 Å². The summed E-state index contributed by atoms with van der Waals surface area (Å²) in [5, 5.41) is 10.0. The Balaban J connectivity index is 1.55. The van der Waals surface area contributed by atoms with E-state index < -0.39 is 29.8 Å². The first-order valence-corrected chi connectivity index (χ1v) is 11.9. The van der Waals surface area contributed by atoms with Crippen LogP contribution in [0.15, 0.2) is 54.6 Å². The summed E-state index contributed by atoms with van der Waals surface area (Å²) in [5.41, 5.74) is 1.78. The largest absolute Gasteiger partial charge is 0.487 e. The van der Waals surface area contributed by atoms with E-state index in [9.17, 15) is 19.1 Å². The number of fused-ring (bicyclic) bond motifs is 1. The van der Waals surface area contributed by atoms with Crippen molar-refractivity contribution in [2.24, 2.45) is 0 Å².